The highest BCUT2D eigenvalue weighted by Gasteiger charge is 2.35. The van der Waals surface area contributed by atoms with Gasteiger partial charge < -0.3 is 15.1 Å². The summed E-state index contributed by atoms with van der Waals surface area (Å²) in [6, 6.07) is 7.36. The third-order valence-corrected chi connectivity index (χ3v) is 10.5. The van der Waals surface area contributed by atoms with Gasteiger partial charge in [-0.3, -0.25) is 19.3 Å². The van der Waals surface area contributed by atoms with Crippen LogP contribution in [-0.4, -0.2) is 87.3 Å². The number of hydrogen-bond acceptors (Lipinski definition) is 7. The van der Waals surface area contributed by atoms with Crippen LogP contribution in [0.4, 0.5) is 5.69 Å². The summed E-state index contributed by atoms with van der Waals surface area (Å²) in [5.41, 5.74) is 0.979. The molecule has 10 nitrogen and oxygen atoms in total. The zero-order valence-electron chi connectivity index (χ0n) is 22.4. The molecule has 1 aromatic carbocycles. The average molecular weight is 608 g/mol. The largest absolute Gasteiger partial charge is 0.349 e. The van der Waals surface area contributed by atoms with E-state index in [4.69, 9.17) is 11.6 Å². The second-order valence-corrected chi connectivity index (χ2v) is 13.9. The molecule has 2 aromatic rings. The molecule has 1 aromatic heterocycles. The summed E-state index contributed by atoms with van der Waals surface area (Å²) in [6.45, 7) is 4.62. The van der Waals surface area contributed by atoms with Crippen LogP contribution in [0.25, 0.3) is 0 Å². The van der Waals surface area contributed by atoms with Crippen molar-refractivity contribution in [3.63, 3.8) is 0 Å². The van der Waals surface area contributed by atoms with E-state index in [9.17, 15) is 22.8 Å². The highest BCUT2D eigenvalue weighted by atomic mass is 35.5. The molecule has 0 bridgehead atoms. The third kappa shape index (κ3) is 6.52. The molecule has 5 rings (SSSR count). The van der Waals surface area contributed by atoms with Gasteiger partial charge >= 0.3 is 0 Å². The fourth-order valence-electron chi connectivity index (χ4n) is 5.42. The van der Waals surface area contributed by atoms with Gasteiger partial charge in [-0.1, -0.05) is 17.7 Å². The van der Waals surface area contributed by atoms with E-state index in [2.05, 4.69) is 14.9 Å². The first-order valence-corrected chi connectivity index (χ1v) is 16.3. The lowest BCUT2D eigenvalue weighted by atomic mass is 10.2. The Hall–Kier alpha value is -2.51. The summed E-state index contributed by atoms with van der Waals surface area (Å²) < 4.78 is 30.5. The van der Waals surface area contributed by atoms with Crippen LogP contribution in [0, 0.1) is 6.92 Å². The Bertz CT molecular complexity index is 1390. The van der Waals surface area contributed by atoms with Gasteiger partial charge in [-0.25, -0.2) is 8.42 Å². The predicted octanol–water partition coefficient (Wildman–Crippen LogP) is 2.61. The van der Waals surface area contributed by atoms with Gasteiger partial charge in [-0.15, -0.1) is 11.3 Å². The molecule has 1 atom stereocenters. The van der Waals surface area contributed by atoms with Crippen LogP contribution < -0.4 is 14.9 Å². The lowest BCUT2D eigenvalue weighted by Gasteiger charge is -2.27. The Labute approximate surface area is 243 Å². The molecule has 3 fully saturated rings. The SMILES string of the molecule is Cc1c(N2CCCC2=O)cccc1S(=O)(=O)N[C@@H](CNC(=O)c1ccc(Cl)s1)C(=O)N1CCCN(C2CC2)CC1. The van der Waals surface area contributed by atoms with E-state index in [1.54, 1.807) is 41.0 Å². The van der Waals surface area contributed by atoms with Crippen LogP contribution in [0.1, 0.15) is 47.3 Å². The number of thiophene rings is 1. The molecule has 2 N–H and O–H groups in total. The Kier molecular flexibility index (Phi) is 8.81. The first-order chi connectivity index (χ1) is 19.1. The van der Waals surface area contributed by atoms with E-state index in [-0.39, 0.29) is 23.3 Å². The van der Waals surface area contributed by atoms with Gasteiger partial charge in [-0.2, -0.15) is 4.72 Å². The molecule has 3 heterocycles. The lowest BCUT2D eigenvalue weighted by Crippen LogP contribution is -2.54. The smallest absolute Gasteiger partial charge is 0.261 e. The van der Waals surface area contributed by atoms with Gasteiger partial charge in [0.2, 0.25) is 21.8 Å². The quantitative estimate of drug-likeness (QED) is 0.452. The molecular weight excluding hydrogens is 574 g/mol. The van der Waals surface area contributed by atoms with E-state index in [1.165, 1.54) is 18.9 Å². The zero-order valence-corrected chi connectivity index (χ0v) is 24.8. The number of hydrogen-bond donors (Lipinski definition) is 2. The van der Waals surface area contributed by atoms with Crippen molar-refractivity contribution in [3.05, 3.63) is 45.1 Å². The molecule has 0 spiro atoms. The molecule has 0 radical (unpaired) electrons. The van der Waals surface area contributed by atoms with Crippen molar-refractivity contribution in [2.75, 3.05) is 44.2 Å². The van der Waals surface area contributed by atoms with Gasteiger partial charge in [0, 0.05) is 57.4 Å². The number of nitrogens with zero attached hydrogens (tertiary/aromatic N) is 3. The fraction of sp³-hybridized carbons (Fsp3) is 0.519. The van der Waals surface area contributed by atoms with Crippen LogP contribution in [0.15, 0.2) is 35.2 Å². The van der Waals surface area contributed by atoms with Crippen molar-refractivity contribution in [3.8, 4) is 0 Å². The topological polar surface area (TPSA) is 119 Å². The highest BCUT2D eigenvalue weighted by molar-refractivity contribution is 7.89. The lowest BCUT2D eigenvalue weighted by molar-refractivity contribution is -0.132. The number of amides is 3. The van der Waals surface area contributed by atoms with Crippen molar-refractivity contribution in [2.24, 2.45) is 0 Å². The Balaban J connectivity index is 1.37. The van der Waals surface area contributed by atoms with E-state index >= 15 is 0 Å². The van der Waals surface area contributed by atoms with E-state index in [1.807, 2.05) is 0 Å². The fourth-order valence-corrected chi connectivity index (χ4v) is 7.83. The Morgan fingerprint density at radius 3 is 2.55 bits per heavy atom. The summed E-state index contributed by atoms with van der Waals surface area (Å²) in [6.07, 6.45) is 4.29. The normalized spacial score (nSPS) is 19.5. The zero-order chi connectivity index (χ0) is 28.4. The minimum Gasteiger partial charge on any atom is -0.349 e. The maximum absolute atomic E-state index is 13.8. The van der Waals surface area contributed by atoms with E-state index in [0.717, 1.165) is 30.8 Å². The van der Waals surface area contributed by atoms with Crippen molar-refractivity contribution >= 4 is 56.4 Å². The summed E-state index contributed by atoms with van der Waals surface area (Å²) in [7, 11) is -4.19. The summed E-state index contributed by atoms with van der Waals surface area (Å²) >= 11 is 7.07. The number of nitrogens with one attached hydrogen (secondary N) is 2. The van der Waals surface area contributed by atoms with Crippen molar-refractivity contribution in [1.29, 1.82) is 0 Å². The molecule has 2 aliphatic heterocycles. The molecular formula is C27H34ClN5O5S2. The number of carbonyl (C=O) groups excluding carboxylic acids is 3. The van der Waals surface area contributed by atoms with Gasteiger partial charge in [0.15, 0.2) is 0 Å². The molecule has 1 saturated carbocycles. The number of anilines is 1. The van der Waals surface area contributed by atoms with Crippen molar-refractivity contribution < 1.29 is 22.8 Å². The summed E-state index contributed by atoms with van der Waals surface area (Å²) in [5, 5.41) is 2.71. The second kappa shape index (κ2) is 12.2. The number of sulfonamides is 1. The van der Waals surface area contributed by atoms with Crippen molar-refractivity contribution in [2.45, 2.75) is 56.0 Å². The molecule has 2 saturated heterocycles. The van der Waals surface area contributed by atoms with Crippen molar-refractivity contribution in [1.82, 2.24) is 19.8 Å². The molecule has 13 heteroatoms. The van der Waals surface area contributed by atoms with Crippen LogP contribution in [-0.2, 0) is 19.6 Å². The highest BCUT2D eigenvalue weighted by Crippen LogP contribution is 2.30. The Morgan fingerprint density at radius 1 is 1.07 bits per heavy atom. The van der Waals surface area contributed by atoms with E-state index < -0.39 is 22.0 Å². The molecule has 3 amide bonds. The van der Waals surface area contributed by atoms with Crippen LogP contribution in [0.5, 0.6) is 0 Å². The molecule has 40 heavy (non-hydrogen) atoms. The number of carbonyl (C=O) groups is 3. The Morgan fingerprint density at radius 2 is 1.88 bits per heavy atom. The molecule has 0 unspecified atom stereocenters. The van der Waals surface area contributed by atoms with Crippen LogP contribution in [0.3, 0.4) is 0 Å². The predicted molar refractivity (Wildman–Crippen MR) is 154 cm³/mol. The maximum atomic E-state index is 13.8. The van der Waals surface area contributed by atoms with E-state index in [0.29, 0.717) is 59.0 Å². The standard InChI is InChI=1S/C27H34ClN5O5S2/c1-18-21(33-14-3-7-25(33)34)5-2-6-23(18)40(37,38)30-20(17-29-26(35)22-10-11-24(28)39-22)27(36)32-13-4-12-31(15-16-32)19-8-9-19/h2,5-6,10-11,19-20,30H,3-4,7-9,12-17H2,1H3,(H,29,35)/t20-/m0/s1. The first-order valence-electron chi connectivity index (χ1n) is 13.6. The van der Waals surface area contributed by atoms with Crippen LogP contribution in [0.2, 0.25) is 4.34 Å². The van der Waals surface area contributed by atoms with Gasteiger partial charge in [0.1, 0.15) is 6.04 Å². The van der Waals surface area contributed by atoms with Crippen LogP contribution >= 0.6 is 22.9 Å². The minimum absolute atomic E-state index is 0.00496. The minimum atomic E-state index is -4.19. The summed E-state index contributed by atoms with van der Waals surface area (Å²) in [5.74, 6) is -0.860. The molecule has 3 aliphatic rings. The number of rotatable bonds is 9. The average Bonchev–Trinajstić information content (AvgIpc) is 3.61. The summed E-state index contributed by atoms with van der Waals surface area (Å²) in [4.78, 5) is 44.9. The number of benzene rings is 1. The van der Waals surface area contributed by atoms with Gasteiger partial charge in [0.25, 0.3) is 5.91 Å². The maximum Gasteiger partial charge on any atom is 0.261 e. The number of halogens is 1. The van der Waals surface area contributed by atoms with Gasteiger partial charge in [-0.05, 0) is 62.4 Å². The monoisotopic (exact) mass is 607 g/mol. The first kappa shape index (κ1) is 29.0. The molecule has 216 valence electrons. The van der Waals surface area contributed by atoms with Gasteiger partial charge in [0.05, 0.1) is 14.1 Å². The molecule has 1 aliphatic carbocycles. The second-order valence-electron chi connectivity index (χ2n) is 10.5. The third-order valence-electron chi connectivity index (χ3n) is 7.67.